The molecule has 0 saturated carbocycles. The number of carbonyl (C=O) groups is 1. The molecule has 2 heterocycles. The van der Waals surface area contributed by atoms with Gasteiger partial charge in [0.1, 0.15) is 54.9 Å². The number of esters is 1. The summed E-state index contributed by atoms with van der Waals surface area (Å²) in [5.41, 5.74) is 0. The molecule has 11 atom stereocenters. The van der Waals surface area contributed by atoms with Crippen LogP contribution in [0.1, 0.15) is 181 Å². The van der Waals surface area contributed by atoms with Crippen LogP contribution in [0.5, 0.6) is 0 Å². The monoisotopic (exact) mass is 1080 g/mol. The zero-order valence-corrected chi connectivity index (χ0v) is 47.2. The number of hydrogen-bond acceptors (Lipinski definition) is 14. The second-order valence-corrected chi connectivity index (χ2v) is 20.1. The van der Waals surface area contributed by atoms with E-state index in [0.717, 1.165) is 122 Å². The first-order valence-electron chi connectivity index (χ1n) is 29.5. The molecule has 77 heavy (non-hydrogen) atoms. The maximum Gasteiger partial charge on any atom is 0.306 e. The van der Waals surface area contributed by atoms with Crippen LogP contribution in [0.25, 0.3) is 0 Å². The van der Waals surface area contributed by atoms with Gasteiger partial charge >= 0.3 is 5.97 Å². The molecule has 0 aromatic rings. The van der Waals surface area contributed by atoms with Crippen LogP contribution in [0.15, 0.2) is 109 Å². The number of carbonyl (C=O) groups excluding carboxylic acids is 1. The third-order valence-corrected chi connectivity index (χ3v) is 13.3. The van der Waals surface area contributed by atoms with Crippen LogP contribution < -0.4 is 0 Å². The van der Waals surface area contributed by atoms with Gasteiger partial charge < -0.3 is 64.2 Å². The lowest BCUT2D eigenvalue weighted by Gasteiger charge is -2.42. The number of aliphatic hydroxyl groups is 7. The Labute approximate surface area is 464 Å². The summed E-state index contributed by atoms with van der Waals surface area (Å²) in [5, 5.41) is 72.4. The Morgan fingerprint density at radius 1 is 0.429 bits per heavy atom. The zero-order valence-electron chi connectivity index (χ0n) is 47.2. The quantitative estimate of drug-likeness (QED) is 0.0172. The molecular weight excluding hydrogens is 981 g/mol. The van der Waals surface area contributed by atoms with Gasteiger partial charge in [-0.15, -0.1) is 0 Å². The van der Waals surface area contributed by atoms with E-state index >= 15 is 0 Å². The molecule has 0 radical (unpaired) electrons. The number of ether oxygens (including phenoxy) is 6. The number of unbranched alkanes of at least 4 members (excludes halogenated alkanes) is 14. The van der Waals surface area contributed by atoms with Crippen molar-refractivity contribution in [3.63, 3.8) is 0 Å². The Morgan fingerprint density at radius 3 is 1.26 bits per heavy atom. The number of allylic oxidation sites excluding steroid dienone is 18. The Balaban J connectivity index is 1.72. The first-order valence-corrected chi connectivity index (χ1v) is 29.5. The van der Waals surface area contributed by atoms with Crippen molar-refractivity contribution in [2.75, 3.05) is 33.0 Å². The number of aliphatic hydroxyl groups excluding tert-OH is 7. The van der Waals surface area contributed by atoms with Crippen LogP contribution in [0.2, 0.25) is 0 Å². The molecule has 0 amide bonds. The van der Waals surface area contributed by atoms with Crippen molar-refractivity contribution in [2.45, 2.75) is 248 Å². The van der Waals surface area contributed by atoms with Gasteiger partial charge in [-0.2, -0.15) is 0 Å². The molecule has 0 bridgehead atoms. The van der Waals surface area contributed by atoms with Crippen LogP contribution in [0.3, 0.4) is 0 Å². The van der Waals surface area contributed by atoms with Gasteiger partial charge in [0.25, 0.3) is 0 Å². The summed E-state index contributed by atoms with van der Waals surface area (Å²) in [6.45, 7) is 3.39. The minimum Gasteiger partial charge on any atom is -0.457 e. The molecule has 0 aromatic carbocycles. The molecule has 0 aromatic heterocycles. The van der Waals surface area contributed by atoms with Crippen LogP contribution >= 0.6 is 0 Å². The average Bonchev–Trinajstić information content (AvgIpc) is 3.43. The van der Waals surface area contributed by atoms with E-state index < -0.39 is 86.7 Å². The molecule has 2 aliphatic rings. The number of hydrogen-bond donors (Lipinski definition) is 7. The smallest absolute Gasteiger partial charge is 0.306 e. The molecule has 2 fully saturated rings. The Morgan fingerprint density at radius 2 is 0.805 bits per heavy atom. The average molecular weight is 1090 g/mol. The highest BCUT2D eigenvalue weighted by molar-refractivity contribution is 5.69. The van der Waals surface area contributed by atoms with E-state index in [2.05, 4.69) is 123 Å². The highest BCUT2D eigenvalue weighted by Gasteiger charge is 2.47. The molecular formula is C63H104O14. The third-order valence-electron chi connectivity index (χ3n) is 13.3. The maximum atomic E-state index is 13.1. The van der Waals surface area contributed by atoms with Gasteiger partial charge in [-0.25, -0.2) is 0 Å². The second kappa shape index (κ2) is 48.5. The van der Waals surface area contributed by atoms with Gasteiger partial charge in [0.15, 0.2) is 12.6 Å². The molecule has 2 rings (SSSR count). The second-order valence-electron chi connectivity index (χ2n) is 20.1. The third kappa shape index (κ3) is 35.1. The molecule has 2 aliphatic heterocycles. The Kier molecular flexibility index (Phi) is 44.0. The lowest BCUT2D eigenvalue weighted by atomic mass is 9.98. The maximum absolute atomic E-state index is 13.1. The predicted octanol–water partition coefficient (Wildman–Crippen LogP) is 10.7. The Hall–Kier alpha value is -3.35. The molecule has 14 heteroatoms. The highest BCUT2D eigenvalue weighted by Crippen LogP contribution is 2.26. The summed E-state index contributed by atoms with van der Waals surface area (Å²) in [7, 11) is 0. The Bertz CT molecular complexity index is 1690. The lowest BCUT2D eigenvalue weighted by Crippen LogP contribution is -2.61. The fourth-order valence-corrected chi connectivity index (χ4v) is 8.60. The molecule has 11 unspecified atom stereocenters. The van der Waals surface area contributed by atoms with E-state index in [0.29, 0.717) is 13.0 Å². The molecule has 14 nitrogen and oxygen atoms in total. The highest BCUT2D eigenvalue weighted by atomic mass is 16.7. The molecule has 0 aliphatic carbocycles. The number of rotatable bonds is 46. The predicted molar refractivity (Wildman–Crippen MR) is 307 cm³/mol. The van der Waals surface area contributed by atoms with Crippen molar-refractivity contribution < 1.29 is 69.0 Å². The lowest BCUT2D eigenvalue weighted by molar-refractivity contribution is -0.332. The van der Waals surface area contributed by atoms with Crippen LogP contribution in [0, 0.1) is 0 Å². The first-order chi connectivity index (χ1) is 37.6. The van der Waals surface area contributed by atoms with Crippen molar-refractivity contribution >= 4 is 5.97 Å². The van der Waals surface area contributed by atoms with Crippen molar-refractivity contribution in [3.05, 3.63) is 109 Å². The molecule has 2 saturated heterocycles. The summed E-state index contributed by atoms with van der Waals surface area (Å²) in [6, 6.07) is 0. The minimum atomic E-state index is -1.72. The van der Waals surface area contributed by atoms with E-state index in [1.165, 1.54) is 32.1 Å². The summed E-state index contributed by atoms with van der Waals surface area (Å²) in [4.78, 5) is 13.1. The first kappa shape index (κ1) is 69.8. The van der Waals surface area contributed by atoms with Gasteiger partial charge in [-0.1, -0.05) is 187 Å². The summed E-state index contributed by atoms with van der Waals surface area (Å²) in [5.74, 6) is -0.394. The van der Waals surface area contributed by atoms with Crippen molar-refractivity contribution in [1.29, 1.82) is 0 Å². The van der Waals surface area contributed by atoms with E-state index in [-0.39, 0.29) is 19.6 Å². The van der Waals surface area contributed by atoms with Crippen molar-refractivity contribution in [1.82, 2.24) is 0 Å². The normalized spacial score (nSPS) is 25.1. The fraction of sp³-hybridized carbons (Fsp3) is 0.698. The molecule has 440 valence electrons. The summed E-state index contributed by atoms with van der Waals surface area (Å²) >= 11 is 0. The van der Waals surface area contributed by atoms with Gasteiger partial charge in [0.2, 0.25) is 0 Å². The largest absolute Gasteiger partial charge is 0.457 e. The summed E-state index contributed by atoms with van der Waals surface area (Å²) in [6.07, 6.45) is 50.0. The minimum absolute atomic E-state index is 0.0392. The van der Waals surface area contributed by atoms with E-state index in [1.54, 1.807) is 0 Å². The van der Waals surface area contributed by atoms with Crippen LogP contribution in [-0.4, -0.2) is 142 Å². The zero-order chi connectivity index (χ0) is 55.8. The van der Waals surface area contributed by atoms with Crippen molar-refractivity contribution in [3.8, 4) is 0 Å². The SMILES string of the molecule is CC/C=C\C/C=C\C/C=C\C/C=C\C/C=C\CCCCCCCCCCCC(=O)OC(COCCCCCCC/C=C\C/C=C\C/C=C\C/C=C\CC)COC1OC(COC2OC(CO)C(O)C(O)C2O)C(O)C(O)C1O. The standard InChI is InChI=1S/C63H104O14/c1-3-5-7-9-11-13-15-17-19-21-23-24-25-26-27-28-29-30-32-34-36-38-40-42-44-46-55(65)75-52(49-72-47-45-43-41-39-37-35-33-31-22-20-18-16-14-12-10-8-6-4-2)50-73-62-61(71)59(69)57(67)54(77-62)51-74-63-60(70)58(68)56(66)53(48-64)76-63/h5-8,11-14,17-20,23-24,26-27,31,33,52-54,56-64,66-71H,3-4,9-10,15-16,21-22,25,28-30,32,34-51H2,1-2H3/b7-5-,8-6-,13-11-,14-12-,19-17-,20-18-,24-23-,27-26-,33-31-. The van der Waals surface area contributed by atoms with Crippen molar-refractivity contribution in [2.24, 2.45) is 0 Å². The van der Waals surface area contributed by atoms with E-state index in [1.807, 2.05) is 0 Å². The van der Waals surface area contributed by atoms with Crippen LogP contribution in [0.4, 0.5) is 0 Å². The van der Waals surface area contributed by atoms with E-state index in [9.17, 15) is 40.5 Å². The van der Waals surface area contributed by atoms with E-state index in [4.69, 9.17) is 28.4 Å². The van der Waals surface area contributed by atoms with Gasteiger partial charge in [0, 0.05) is 13.0 Å². The molecule has 7 N–H and O–H groups in total. The topological polar surface area (TPSA) is 214 Å². The van der Waals surface area contributed by atoms with Crippen LogP contribution in [-0.2, 0) is 33.2 Å². The molecule has 0 spiro atoms. The van der Waals surface area contributed by atoms with Gasteiger partial charge in [-0.05, 0) is 96.3 Å². The summed E-state index contributed by atoms with van der Waals surface area (Å²) < 4.78 is 34.4. The van der Waals surface area contributed by atoms with Gasteiger partial charge in [0.05, 0.1) is 26.4 Å². The fourth-order valence-electron chi connectivity index (χ4n) is 8.60. The van der Waals surface area contributed by atoms with Gasteiger partial charge in [-0.3, -0.25) is 4.79 Å².